The Morgan fingerprint density at radius 3 is 2.42 bits per heavy atom. The van der Waals surface area contributed by atoms with Crippen LogP contribution in [0.3, 0.4) is 0 Å². The molecule has 1 atom stereocenters. The van der Waals surface area contributed by atoms with Crippen LogP contribution in [0, 0.1) is 0 Å². The summed E-state index contributed by atoms with van der Waals surface area (Å²) < 4.78 is 33.3. The molecule has 0 fully saturated rings. The molecular weight excluding hydrogens is 170 g/mol. The Morgan fingerprint density at radius 1 is 1.58 bits per heavy atom. The van der Waals surface area contributed by atoms with Crippen molar-refractivity contribution in [1.29, 1.82) is 0 Å². The van der Waals surface area contributed by atoms with E-state index in [1.54, 1.807) is 0 Å². The second-order valence-electron chi connectivity index (χ2n) is 2.56. The van der Waals surface area contributed by atoms with E-state index in [1.165, 1.54) is 14.0 Å². The Morgan fingerprint density at radius 2 is 2.08 bits per heavy atom. The highest BCUT2D eigenvalue weighted by Gasteiger charge is 2.35. The molecule has 0 aliphatic rings. The van der Waals surface area contributed by atoms with Crippen LogP contribution >= 0.6 is 0 Å². The van der Waals surface area contributed by atoms with Crippen LogP contribution in [0.1, 0.15) is 13.8 Å². The molecular formula is C7H12F2O3. The molecule has 5 heteroatoms. The van der Waals surface area contributed by atoms with Gasteiger partial charge in [-0.25, -0.2) is 4.79 Å². The number of rotatable bonds is 4. The van der Waals surface area contributed by atoms with Crippen molar-refractivity contribution in [3.05, 3.63) is 0 Å². The van der Waals surface area contributed by atoms with E-state index in [9.17, 15) is 13.6 Å². The van der Waals surface area contributed by atoms with E-state index < -0.39 is 18.0 Å². The maximum absolute atomic E-state index is 12.2. The summed E-state index contributed by atoms with van der Waals surface area (Å²) in [7, 11) is 1.40. The smallest absolute Gasteiger partial charge is 0.377 e. The van der Waals surface area contributed by atoms with Gasteiger partial charge >= 0.3 is 11.9 Å². The summed E-state index contributed by atoms with van der Waals surface area (Å²) in [5.74, 6) is -4.95. The van der Waals surface area contributed by atoms with Gasteiger partial charge in [0.2, 0.25) is 0 Å². The average molecular weight is 182 g/mol. The predicted molar refractivity (Wildman–Crippen MR) is 38.1 cm³/mol. The van der Waals surface area contributed by atoms with Crippen LogP contribution in [0.4, 0.5) is 8.78 Å². The third-order valence-corrected chi connectivity index (χ3v) is 1.07. The van der Waals surface area contributed by atoms with Gasteiger partial charge in [0.15, 0.2) is 0 Å². The molecule has 0 aliphatic carbocycles. The second-order valence-corrected chi connectivity index (χ2v) is 2.56. The van der Waals surface area contributed by atoms with Crippen LogP contribution in [0.5, 0.6) is 0 Å². The summed E-state index contributed by atoms with van der Waals surface area (Å²) >= 11 is 0. The molecule has 0 aromatic rings. The van der Waals surface area contributed by atoms with Crippen LogP contribution in [-0.4, -0.2) is 31.7 Å². The zero-order valence-electron chi connectivity index (χ0n) is 7.27. The third-order valence-electron chi connectivity index (χ3n) is 1.07. The fraction of sp³-hybridized carbons (Fsp3) is 0.857. The van der Waals surface area contributed by atoms with Gasteiger partial charge in [0, 0.05) is 14.0 Å². The van der Waals surface area contributed by atoms with E-state index >= 15 is 0 Å². The lowest BCUT2D eigenvalue weighted by molar-refractivity contribution is -0.176. The van der Waals surface area contributed by atoms with Gasteiger partial charge < -0.3 is 9.47 Å². The molecule has 0 saturated carbocycles. The predicted octanol–water partition coefficient (Wildman–Crippen LogP) is 1.22. The number of hydrogen-bond acceptors (Lipinski definition) is 3. The Bertz CT molecular complexity index is 153. The van der Waals surface area contributed by atoms with E-state index in [-0.39, 0.29) is 6.61 Å². The van der Waals surface area contributed by atoms with Gasteiger partial charge in [-0.1, -0.05) is 0 Å². The zero-order valence-corrected chi connectivity index (χ0v) is 7.27. The molecule has 3 nitrogen and oxygen atoms in total. The first kappa shape index (κ1) is 11.3. The molecule has 0 N–H and O–H groups in total. The number of esters is 1. The van der Waals surface area contributed by atoms with Crippen LogP contribution in [0.15, 0.2) is 0 Å². The van der Waals surface area contributed by atoms with Crippen LogP contribution in [0.25, 0.3) is 0 Å². The van der Waals surface area contributed by atoms with Crippen LogP contribution < -0.4 is 0 Å². The lowest BCUT2D eigenvalue weighted by Crippen LogP contribution is -2.31. The minimum Gasteiger partial charge on any atom is -0.456 e. The summed E-state index contributed by atoms with van der Waals surface area (Å²) in [6.45, 7) is 2.09. The summed E-state index contributed by atoms with van der Waals surface area (Å²) in [6, 6.07) is 0. The normalized spacial score (nSPS) is 14.1. The molecule has 1 unspecified atom stereocenters. The van der Waals surface area contributed by atoms with Crippen molar-refractivity contribution in [3.8, 4) is 0 Å². The maximum Gasteiger partial charge on any atom is 0.377 e. The largest absolute Gasteiger partial charge is 0.456 e. The fourth-order valence-electron chi connectivity index (χ4n) is 0.555. The van der Waals surface area contributed by atoms with Crippen molar-refractivity contribution in [2.45, 2.75) is 25.9 Å². The molecule has 12 heavy (non-hydrogen) atoms. The average Bonchev–Trinajstić information content (AvgIpc) is 1.85. The van der Waals surface area contributed by atoms with E-state index in [0.717, 1.165) is 0 Å². The lowest BCUT2D eigenvalue weighted by atomic mass is 10.4. The number of carbonyl (C=O) groups excluding carboxylic acids is 1. The highest BCUT2D eigenvalue weighted by atomic mass is 19.3. The molecule has 0 aromatic carbocycles. The monoisotopic (exact) mass is 182 g/mol. The molecule has 0 bridgehead atoms. The molecule has 0 amide bonds. The maximum atomic E-state index is 12.2. The van der Waals surface area contributed by atoms with Crippen molar-refractivity contribution >= 4 is 5.97 Å². The van der Waals surface area contributed by atoms with E-state index in [0.29, 0.717) is 6.92 Å². The molecule has 72 valence electrons. The standard InChI is InChI=1S/C7H12F2O3/c1-5(4-11-3)12-6(10)7(2,8)9/h5H,4H2,1-3H3. The number of ether oxygens (including phenoxy) is 2. The Balaban J connectivity index is 3.85. The number of halogens is 2. The van der Waals surface area contributed by atoms with E-state index in [4.69, 9.17) is 0 Å². The molecule has 0 aliphatic heterocycles. The van der Waals surface area contributed by atoms with Crippen molar-refractivity contribution < 1.29 is 23.0 Å². The van der Waals surface area contributed by atoms with E-state index in [2.05, 4.69) is 9.47 Å². The lowest BCUT2D eigenvalue weighted by Gasteiger charge is -2.15. The van der Waals surface area contributed by atoms with Crippen molar-refractivity contribution in [2.75, 3.05) is 13.7 Å². The van der Waals surface area contributed by atoms with Gasteiger partial charge in [0.1, 0.15) is 6.10 Å². The molecule has 0 spiro atoms. The molecule has 0 rings (SSSR count). The van der Waals surface area contributed by atoms with Crippen molar-refractivity contribution in [1.82, 2.24) is 0 Å². The van der Waals surface area contributed by atoms with Gasteiger partial charge in [-0.15, -0.1) is 0 Å². The Hall–Kier alpha value is -0.710. The molecule has 0 saturated heterocycles. The van der Waals surface area contributed by atoms with Crippen molar-refractivity contribution in [3.63, 3.8) is 0 Å². The first-order valence-corrected chi connectivity index (χ1v) is 3.45. The zero-order chi connectivity index (χ0) is 9.78. The topological polar surface area (TPSA) is 35.5 Å². The second kappa shape index (κ2) is 4.35. The summed E-state index contributed by atoms with van der Waals surface area (Å²) in [5.41, 5.74) is 0. The molecule has 0 radical (unpaired) electrons. The van der Waals surface area contributed by atoms with Gasteiger partial charge in [-0.3, -0.25) is 0 Å². The minimum absolute atomic E-state index is 0.113. The van der Waals surface area contributed by atoms with Crippen molar-refractivity contribution in [2.24, 2.45) is 0 Å². The molecule has 0 aromatic heterocycles. The summed E-state index contributed by atoms with van der Waals surface area (Å²) in [4.78, 5) is 10.5. The fourth-order valence-corrected chi connectivity index (χ4v) is 0.555. The highest BCUT2D eigenvalue weighted by molar-refractivity contribution is 5.77. The highest BCUT2D eigenvalue weighted by Crippen LogP contribution is 2.14. The first-order valence-electron chi connectivity index (χ1n) is 3.45. The van der Waals surface area contributed by atoms with Crippen LogP contribution in [-0.2, 0) is 14.3 Å². The van der Waals surface area contributed by atoms with Gasteiger partial charge in [-0.2, -0.15) is 8.78 Å². The van der Waals surface area contributed by atoms with Crippen LogP contribution in [0.2, 0.25) is 0 Å². The van der Waals surface area contributed by atoms with Gasteiger partial charge in [0.25, 0.3) is 0 Å². The third kappa shape index (κ3) is 4.23. The first-order chi connectivity index (χ1) is 5.38. The summed E-state index contributed by atoms with van der Waals surface area (Å²) in [5, 5.41) is 0. The quantitative estimate of drug-likeness (QED) is 0.613. The minimum atomic E-state index is -3.43. The van der Waals surface area contributed by atoms with Gasteiger partial charge in [-0.05, 0) is 6.92 Å². The Labute approximate surface area is 69.6 Å². The Kier molecular flexibility index (Phi) is 4.09. The van der Waals surface area contributed by atoms with E-state index in [1.807, 2.05) is 0 Å². The number of hydrogen-bond donors (Lipinski definition) is 0. The molecule has 0 heterocycles. The van der Waals surface area contributed by atoms with Gasteiger partial charge in [0.05, 0.1) is 6.61 Å². The number of carbonyl (C=O) groups is 1. The number of methoxy groups -OCH3 is 1. The number of alkyl halides is 2. The summed E-state index contributed by atoms with van der Waals surface area (Å²) in [6.07, 6.45) is -0.645. The SMILES string of the molecule is COCC(C)OC(=O)C(C)(F)F.